The predicted octanol–water partition coefficient (Wildman–Crippen LogP) is 11.3. The van der Waals surface area contributed by atoms with E-state index in [1.54, 1.807) is 19.2 Å². The fourth-order valence-corrected chi connectivity index (χ4v) is 7.92. The fourth-order valence-electron chi connectivity index (χ4n) is 7.75. The Kier molecular flexibility index (Phi) is 10.2. The summed E-state index contributed by atoms with van der Waals surface area (Å²) in [5, 5.41) is 9.53. The number of rotatable bonds is 8. The topological polar surface area (TPSA) is 64.5 Å². The lowest BCUT2D eigenvalue weighted by Gasteiger charge is -2.29. The van der Waals surface area contributed by atoms with E-state index in [2.05, 4.69) is 43.7 Å². The Morgan fingerprint density at radius 1 is 0.750 bits per heavy atom. The summed E-state index contributed by atoms with van der Waals surface area (Å²) in [7, 11) is 3.07. The lowest BCUT2D eigenvalue weighted by atomic mass is 9.75. The van der Waals surface area contributed by atoms with Gasteiger partial charge < -0.3 is 14.6 Å². The first-order valence-electron chi connectivity index (χ1n) is 18.7. The maximum atomic E-state index is 14.5. The largest absolute Gasteiger partial charge is 0.481 e. The number of hydrogen-bond acceptors (Lipinski definition) is 5. The lowest BCUT2D eigenvalue weighted by molar-refractivity contribution is 0.281. The number of ether oxygens (including phenoxy) is 2. The van der Waals surface area contributed by atoms with Crippen LogP contribution in [-0.2, 0) is 12.5 Å². The summed E-state index contributed by atoms with van der Waals surface area (Å²) >= 11 is 6.05. The van der Waals surface area contributed by atoms with E-state index in [-0.39, 0.29) is 30.5 Å². The fraction of sp³-hybridized carbons (Fsp3) is 0.450. The minimum atomic E-state index is -0.357. The summed E-state index contributed by atoms with van der Waals surface area (Å²) in [5.74, 6) is 1.34. The normalized spacial score (nSPS) is 19.8. The van der Waals surface area contributed by atoms with Crippen LogP contribution < -0.4 is 9.47 Å². The van der Waals surface area contributed by atoms with Crippen LogP contribution >= 0.6 is 11.6 Å². The molecule has 2 aromatic carbocycles. The zero-order valence-electron chi connectivity index (χ0n) is 32.9. The van der Waals surface area contributed by atoms with Gasteiger partial charge in [-0.1, -0.05) is 76.9 Å². The van der Waals surface area contributed by atoms with Crippen LogP contribution in [0.4, 0.5) is 8.78 Å². The third-order valence-corrected chi connectivity index (χ3v) is 10.8. The molecule has 0 unspecified atom stereocenters. The highest BCUT2D eigenvalue weighted by molar-refractivity contribution is 6.17. The van der Waals surface area contributed by atoms with E-state index in [0.29, 0.717) is 40.6 Å². The molecule has 2 aliphatic rings. The number of aliphatic hydroxyl groups is 1. The van der Waals surface area contributed by atoms with E-state index in [1.165, 1.54) is 44.3 Å². The zero-order valence-corrected chi connectivity index (χ0v) is 29.6. The van der Waals surface area contributed by atoms with Crippen LogP contribution in [0.5, 0.6) is 11.8 Å². The third-order valence-electron chi connectivity index (χ3n) is 10.5. The highest BCUT2D eigenvalue weighted by atomic mass is 35.5. The molecule has 2 aliphatic carbocycles. The average Bonchev–Trinajstić information content (AvgIpc) is 3.72. The van der Waals surface area contributed by atoms with Crippen molar-refractivity contribution in [2.75, 3.05) is 14.2 Å². The molecule has 262 valence electrons. The SMILES string of the molecule is COc1cc(-c2ccc(CCl)cc2[C@@H]2CCCC2(C)C)c(F)cn1.COc1cc(-c2ccc(CO)cc2[C@@H]2CCCC2(C)C)c(F)cn1.[3HH].[3H][3H].[3H][3H]. The number of hydrogen-bond donors (Lipinski definition) is 1. The van der Waals surface area contributed by atoms with Gasteiger partial charge in [-0.2, -0.15) is 0 Å². The van der Waals surface area contributed by atoms with Gasteiger partial charge in [-0.15, -0.1) is 11.6 Å². The quantitative estimate of drug-likeness (QED) is 0.186. The van der Waals surface area contributed by atoms with Gasteiger partial charge in [0.2, 0.25) is 11.8 Å². The number of alkyl halides is 1. The van der Waals surface area contributed by atoms with Crippen molar-refractivity contribution >= 4 is 11.6 Å². The molecular weight excluding hydrogens is 630 g/mol. The van der Waals surface area contributed by atoms with E-state index in [4.69, 9.17) is 27.0 Å². The molecule has 2 heterocycles. The van der Waals surface area contributed by atoms with Crippen LogP contribution in [0.15, 0.2) is 60.9 Å². The number of nitrogens with zero attached hydrogens (tertiary/aromatic N) is 2. The van der Waals surface area contributed by atoms with Gasteiger partial charge in [-0.05, 0) is 81.7 Å². The average molecular weight is 693 g/mol. The number of halogens is 3. The maximum absolute atomic E-state index is 14.5. The Labute approximate surface area is 296 Å². The second-order valence-corrected chi connectivity index (χ2v) is 14.7. The minimum Gasteiger partial charge on any atom is -0.481 e. The van der Waals surface area contributed by atoms with E-state index in [1.807, 2.05) is 30.3 Å². The Bertz CT molecular complexity index is 1640. The molecular formula is C40H53ClF2N2O3. The second-order valence-electron chi connectivity index (χ2n) is 14.4. The molecule has 0 saturated heterocycles. The highest BCUT2D eigenvalue weighted by Gasteiger charge is 2.38. The van der Waals surface area contributed by atoms with Crippen molar-refractivity contribution in [3.8, 4) is 34.0 Å². The lowest BCUT2D eigenvalue weighted by Crippen LogP contribution is -2.16. The minimum absolute atomic E-state index is 0. The Balaban J connectivity index is 0.000000330. The molecule has 1 N–H and O–H groups in total. The van der Waals surface area contributed by atoms with Crippen molar-refractivity contribution in [2.45, 2.75) is 90.5 Å². The molecule has 2 atom stereocenters. The first-order valence-corrected chi connectivity index (χ1v) is 17.3. The molecule has 0 radical (unpaired) electrons. The smallest absolute Gasteiger partial charge is 0.213 e. The van der Waals surface area contributed by atoms with Crippen molar-refractivity contribution in [3.05, 3.63) is 94.8 Å². The van der Waals surface area contributed by atoms with Crippen molar-refractivity contribution in [1.29, 1.82) is 0 Å². The molecule has 5 nitrogen and oxygen atoms in total. The molecule has 0 amide bonds. The zero-order chi connectivity index (χ0) is 38.6. The molecule has 0 aliphatic heterocycles. The van der Waals surface area contributed by atoms with E-state index >= 15 is 0 Å². The summed E-state index contributed by atoms with van der Waals surface area (Å²) < 4.78 is 59.3. The summed E-state index contributed by atoms with van der Waals surface area (Å²) in [4.78, 5) is 7.89. The molecule has 2 fully saturated rings. The van der Waals surface area contributed by atoms with Crippen LogP contribution in [0.1, 0.15) is 108 Å². The summed E-state index contributed by atoms with van der Waals surface area (Å²) in [6.07, 6.45) is 9.35. The van der Waals surface area contributed by atoms with E-state index in [9.17, 15) is 13.9 Å². The Morgan fingerprint density at radius 3 is 1.56 bits per heavy atom. The highest BCUT2D eigenvalue weighted by Crippen LogP contribution is 2.52. The number of aliphatic hydroxyl groups excluding tert-OH is 1. The van der Waals surface area contributed by atoms with Gasteiger partial charge in [0.1, 0.15) is 11.6 Å². The molecule has 48 heavy (non-hydrogen) atoms. The maximum Gasteiger partial charge on any atom is 0.213 e. The van der Waals surface area contributed by atoms with Gasteiger partial charge >= 0.3 is 0 Å². The molecule has 8 heteroatoms. The summed E-state index contributed by atoms with van der Waals surface area (Å²) in [5.41, 5.74) is 7.41. The van der Waals surface area contributed by atoms with Gasteiger partial charge in [0.25, 0.3) is 0 Å². The van der Waals surface area contributed by atoms with E-state index < -0.39 is 0 Å². The van der Waals surface area contributed by atoms with Crippen LogP contribution in [0.3, 0.4) is 0 Å². The molecule has 0 spiro atoms. The standard InChI is InChI=1S/C20H23ClFNO.C20H24FNO2.3H2/c1-20(2)8-4-5-17(20)15-9-13(11-21)6-7-14(15)16-10-19(24-3)23-12-18(16)22;1-20(2)8-4-5-17(20)15-9-13(12-23)6-7-14(15)16-10-19(24-3)22-11-18(16)21;;;/h6-7,9-10,12,17H,4-5,8,11H2,1-3H3;6-7,9-11,17,23H,4-5,8,12H2,1-3H3;3*1H/t2*17-;;;/m00.../s1/i;;2*1+2T;1+2. The number of benzene rings is 2. The van der Waals surface area contributed by atoms with Gasteiger partial charge in [0.05, 0.1) is 33.2 Å². The molecule has 6 rings (SSSR count). The van der Waals surface area contributed by atoms with Crippen molar-refractivity contribution in [1.82, 2.24) is 9.97 Å². The second kappa shape index (κ2) is 14.9. The summed E-state index contributed by atoms with van der Waals surface area (Å²) in [6, 6.07) is 15.2. The van der Waals surface area contributed by atoms with Crippen molar-refractivity contribution < 1.29 is 30.7 Å². The number of aromatic nitrogens is 2. The molecule has 2 saturated carbocycles. The third kappa shape index (κ3) is 7.52. The Morgan fingerprint density at radius 2 is 1.19 bits per heavy atom. The molecule has 0 bridgehead atoms. The first-order chi connectivity index (χ1) is 24.9. The van der Waals surface area contributed by atoms with Gasteiger partial charge in [0.15, 0.2) is 0 Å². The number of pyridine rings is 2. The van der Waals surface area contributed by atoms with Crippen LogP contribution in [0.2, 0.25) is 0 Å². The van der Waals surface area contributed by atoms with Crippen LogP contribution in [-0.4, -0.2) is 29.3 Å². The van der Waals surface area contributed by atoms with Crippen LogP contribution in [0.25, 0.3) is 22.3 Å². The first kappa shape index (κ1) is 33.0. The molecule has 2 aromatic heterocycles. The number of methoxy groups -OCH3 is 2. The predicted molar refractivity (Wildman–Crippen MR) is 195 cm³/mol. The van der Waals surface area contributed by atoms with Gasteiger partial charge in [0, 0.05) is 36.5 Å². The summed E-state index contributed by atoms with van der Waals surface area (Å²) in [6.45, 7) is 9.12. The van der Waals surface area contributed by atoms with Crippen LogP contribution in [0, 0.1) is 22.5 Å². The van der Waals surface area contributed by atoms with E-state index in [0.717, 1.165) is 47.1 Å². The Hall–Kier alpha value is -3.55. The monoisotopic (exact) mass is 692 g/mol. The molecule has 4 aromatic rings. The van der Waals surface area contributed by atoms with Crippen molar-refractivity contribution in [3.63, 3.8) is 0 Å². The van der Waals surface area contributed by atoms with Gasteiger partial charge in [-0.25, -0.2) is 18.7 Å². The van der Waals surface area contributed by atoms with Gasteiger partial charge in [-0.3, -0.25) is 0 Å². The van der Waals surface area contributed by atoms with Crippen molar-refractivity contribution in [2.24, 2.45) is 10.8 Å².